The van der Waals surface area contributed by atoms with Gasteiger partial charge in [0.15, 0.2) is 0 Å². The van der Waals surface area contributed by atoms with Crippen molar-refractivity contribution in [3.05, 3.63) is 46.8 Å². The second-order valence-corrected chi connectivity index (χ2v) is 7.06. The first-order valence-electron chi connectivity index (χ1n) is 9.14. The average molecular weight is 394 g/mol. The Morgan fingerprint density at radius 2 is 1.78 bits per heavy atom. The van der Waals surface area contributed by atoms with E-state index in [1.165, 1.54) is 0 Å². The van der Waals surface area contributed by atoms with Crippen LogP contribution in [0.1, 0.15) is 41.2 Å². The zero-order valence-electron chi connectivity index (χ0n) is 16.4. The van der Waals surface area contributed by atoms with Gasteiger partial charge in [0, 0.05) is 43.9 Å². The summed E-state index contributed by atoms with van der Waals surface area (Å²) in [6.07, 6.45) is 0.127. The molecular formula is C20H28ClN3O3. The second-order valence-electron chi connectivity index (χ2n) is 7.06. The smallest absolute Gasteiger partial charge is 0.253 e. The lowest BCUT2D eigenvalue weighted by molar-refractivity contribution is 0.0627. The highest BCUT2D eigenvalue weighted by atomic mass is 35.5. The monoisotopic (exact) mass is 393 g/mol. The Labute approximate surface area is 166 Å². The average Bonchev–Trinajstić information content (AvgIpc) is 2.94. The largest absolute Gasteiger partial charge is 0.491 e. The summed E-state index contributed by atoms with van der Waals surface area (Å²) in [5.41, 5.74) is 2.82. The standard InChI is InChI=1S/C20H27N3O3.ClH/c1-14(2)25-18-7-5-17(6-8-18)20(24)23-11-9-22(10-12-23)13-19-15(3)21-26-16(19)4;/h5-8,14H,9-13H2,1-4H3;1H. The van der Waals surface area contributed by atoms with Gasteiger partial charge in [-0.25, -0.2) is 0 Å². The Kier molecular flexibility index (Phi) is 7.27. The maximum atomic E-state index is 12.7. The lowest BCUT2D eigenvalue weighted by Crippen LogP contribution is -2.48. The van der Waals surface area contributed by atoms with Crippen molar-refractivity contribution in [2.24, 2.45) is 0 Å². The van der Waals surface area contributed by atoms with Crippen molar-refractivity contribution >= 4 is 18.3 Å². The van der Waals surface area contributed by atoms with Gasteiger partial charge in [-0.05, 0) is 52.0 Å². The molecule has 0 N–H and O–H groups in total. The summed E-state index contributed by atoms with van der Waals surface area (Å²) in [6.45, 7) is 11.9. The highest BCUT2D eigenvalue weighted by molar-refractivity contribution is 5.94. The van der Waals surface area contributed by atoms with Crippen LogP contribution in [-0.2, 0) is 6.54 Å². The van der Waals surface area contributed by atoms with Crippen LogP contribution >= 0.6 is 12.4 Å². The molecule has 1 aromatic carbocycles. The molecule has 0 spiro atoms. The number of hydrogen-bond acceptors (Lipinski definition) is 5. The van der Waals surface area contributed by atoms with Crippen molar-refractivity contribution < 1.29 is 14.1 Å². The van der Waals surface area contributed by atoms with Crippen LogP contribution in [0, 0.1) is 13.8 Å². The first-order chi connectivity index (χ1) is 12.4. The molecule has 148 valence electrons. The molecule has 27 heavy (non-hydrogen) atoms. The van der Waals surface area contributed by atoms with E-state index >= 15 is 0 Å². The van der Waals surface area contributed by atoms with Gasteiger partial charge in [-0.1, -0.05) is 5.16 Å². The number of aromatic nitrogens is 1. The van der Waals surface area contributed by atoms with Crippen molar-refractivity contribution in [1.82, 2.24) is 15.0 Å². The number of aryl methyl sites for hydroxylation is 2. The van der Waals surface area contributed by atoms with E-state index in [4.69, 9.17) is 9.26 Å². The van der Waals surface area contributed by atoms with E-state index < -0.39 is 0 Å². The zero-order valence-corrected chi connectivity index (χ0v) is 17.2. The summed E-state index contributed by atoms with van der Waals surface area (Å²) < 4.78 is 10.9. The first kappa shape index (κ1) is 21.3. The van der Waals surface area contributed by atoms with E-state index in [1.54, 1.807) is 0 Å². The summed E-state index contributed by atoms with van der Waals surface area (Å²) >= 11 is 0. The van der Waals surface area contributed by atoms with Crippen molar-refractivity contribution in [3.63, 3.8) is 0 Å². The Bertz CT molecular complexity index is 731. The SMILES string of the molecule is Cc1noc(C)c1CN1CCN(C(=O)c2ccc(OC(C)C)cc2)CC1.Cl. The predicted octanol–water partition coefficient (Wildman–Crippen LogP) is 3.46. The molecule has 1 amide bonds. The number of benzene rings is 1. The number of halogens is 1. The number of amides is 1. The maximum absolute atomic E-state index is 12.7. The molecule has 0 radical (unpaired) electrons. The first-order valence-corrected chi connectivity index (χ1v) is 9.14. The molecule has 0 atom stereocenters. The molecule has 3 rings (SSSR count). The summed E-state index contributed by atoms with van der Waals surface area (Å²) in [5, 5.41) is 4.01. The molecule has 0 bridgehead atoms. The summed E-state index contributed by atoms with van der Waals surface area (Å²) in [6, 6.07) is 7.41. The number of rotatable bonds is 5. The molecule has 1 aliphatic heterocycles. The second kappa shape index (κ2) is 9.24. The van der Waals surface area contributed by atoms with Gasteiger partial charge >= 0.3 is 0 Å². The summed E-state index contributed by atoms with van der Waals surface area (Å²) in [7, 11) is 0. The Hall–Kier alpha value is -2.05. The van der Waals surface area contributed by atoms with Gasteiger partial charge < -0.3 is 14.2 Å². The molecule has 1 aromatic heterocycles. The number of carbonyl (C=O) groups excluding carboxylic acids is 1. The lowest BCUT2D eigenvalue weighted by atomic mass is 10.1. The van der Waals surface area contributed by atoms with Gasteiger partial charge in [0.25, 0.3) is 5.91 Å². The van der Waals surface area contributed by atoms with Gasteiger partial charge in [-0.3, -0.25) is 9.69 Å². The van der Waals surface area contributed by atoms with Crippen LogP contribution in [0.4, 0.5) is 0 Å². The number of nitrogens with zero attached hydrogens (tertiary/aromatic N) is 3. The van der Waals surface area contributed by atoms with E-state index in [9.17, 15) is 4.79 Å². The number of carbonyl (C=O) groups is 1. The zero-order chi connectivity index (χ0) is 18.7. The van der Waals surface area contributed by atoms with Crippen LogP contribution < -0.4 is 4.74 Å². The fraction of sp³-hybridized carbons (Fsp3) is 0.500. The lowest BCUT2D eigenvalue weighted by Gasteiger charge is -2.34. The van der Waals surface area contributed by atoms with Crippen LogP contribution in [0.2, 0.25) is 0 Å². The third kappa shape index (κ3) is 5.23. The molecular weight excluding hydrogens is 366 g/mol. The number of ether oxygens (including phenoxy) is 1. The van der Waals surface area contributed by atoms with Gasteiger partial charge in [-0.2, -0.15) is 0 Å². The van der Waals surface area contributed by atoms with Crippen LogP contribution in [0.15, 0.2) is 28.8 Å². The van der Waals surface area contributed by atoms with E-state index in [-0.39, 0.29) is 24.4 Å². The van der Waals surface area contributed by atoms with Gasteiger partial charge in [0.2, 0.25) is 0 Å². The van der Waals surface area contributed by atoms with Crippen LogP contribution in [0.5, 0.6) is 5.75 Å². The van der Waals surface area contributed by atoms with Gasteiger partial charge in [-0.15, -0.1) is 12.4 Å². The quantitative estimate of drug-likeness (QED) is 0.778. The molecule has 2 heterocycles. The minimum absolute atomic E-state index is 0. The molecule has 0 saturated carbocycles. The summed E-state index contributed by atoms with van der Waals surface area (Å²) in [5.74, 6) is 1.75. The van der Waals surface area contributed by atoms with Gasteiger partial charge in [0.05, 0.1) is 11.8 Å². The highest BCUT2D eigenvalue weighted by Crippen LogP contribution is 2.18. The van der Waals surface area contributed by atoms with Crippen molar-refractivity contribution in [2.45, 2.75) is 40.3 Å². The van der Waals surface area contributed by atoms with Crippen molar-refractivity contribution in [2.75, 3.05) is 26.2 Å². The normalized spacial score (nSPS) is 14.9. The van der Waals surface area contributed by atoms with E-state index in [0.717, 1.165) is 55.5 Å². The molecule has 1 aliphatic rings. The molecule has 7 heteroatoms. The van der Waals surface area contributed by atoms with E-state index in [1.807, 2.05) is 56.9 Å². The van der Waals surface area contributed by atoms with E-state index in [2.05, 4.69) is 10.1 Å². The fourth-order valence-electron chi connectivity index (χ4n) is 3.19. The van der Waals surface area contributed by atoms with Crippen molar-refractivity contribution in [1.29, 1.82) is 0 Å². The van der Waals surface area contributed by atoms with Crippen LogP contribution in [0.3, 0.4) is 0 Å². The third-order valence-electron chi connectivity index (χ3n) is 4.70. The maximum Gasteiger partial charge on any atom is 0.253 e. The minimum atomic E-state index is 0. The Morgan fingerprint density at radius 3 is 2.30 bits per heavy atom. The minimum Gasteiger partial charge on any atom is -0.491 e. The number of piperazine rings is 1. The molecule has 1 saturated heterocycles. The summed E-state index contributed by atoms with van der Waals surface area (Å²) in [4.78, 5) is 17.0. The molecule has 6 nitrogen and oxygen atoms in total. The molecule has 2 aromatic rings. The Morgan fingerprint density at radius 1 is 1.15 bits per heavy atom. The van der Waals surface area contributed by atoms with Gasteiger partial charge in [0.1, 0.15) is 11.5 Å². The van der Waals surface area contributed by atoms with Crippen LogP contribution in [-0.4, -0.2) is 53.1 Å². The predicted molar refractivity (Wildman–Crippen MR) is 107 cm³/mol. The Balaban J connectivity index is 0.00000261. The number of hydrogen-bond donors (Lipinski definition) is 0. The van der Waals surface area contributed by atoms with Crippen LogP contribution in [0.25, 0.3) is 0 Å². The third-order valence-corrected chi connectivity index (χ3v) is 4.70. The molecule has 1 fully saturated rings. The van der Waals surface area contributed by atoms with E-state index in [0.29, 0.717) is 5.56 Å². The van der Waals surface area contributed by atoms with Crippen molar-refractivity contribution in [3.8, 4) is 5.75 Å². The fourth-order valence-corrected chi connectivity index (χ4v) is 3.19. The molecule has 0 aliphatic carbocycles. The molecule has 0 unspecified atom stereocenters. The topological polar surface area (TPSA) is 58.8 Å². The highest BCUT2D eigenvalue weighted by Gasteiger charge is 2.23.